The van der Waals surface area contributed by atoms with Crippen molar-refractivity contribution in [2.75, 3.05) is 20.8 Å². The number of benzene rings is 2. The third-order valence-corrected chi connectivity index (χ3v) is 6.66. The Morgan fingerprint density at radius 1 is 1.08 bits per heavy atom. The highest BCUT2D eigenvalue weighted by Crippen LogP contribution is 2.42. The van der Waals surface area contributed by atoms with E-state index >= 15 is 0 Å². The Balaban J connectivity index is 1.81. The van der Waals surface area contributed by atoms with Crippen LogP contribution in [0.2, 0.25) is 0 Å². The molecule has 0 aromatic heterocycles. The number of aliphatic hydroxyl groups is 4. The average Bonchev–Trinajstić information content (AvgIpc) is 2.90. The highest BCUT2D eigenvalue weighted by Gasteiger charge is 2.46. The lowest BCUT2D eigenvalue weighted by atomic mass is 9.81. The Morgan fingerprint density at radius 2 is 1.76 bits per heavy atom. The summed E-state index contributed by atoms with van der Waals surface area (Å²) in [6.07, 6.45) is -8.02. The van der Waals surface area contributed by atoms with Crippen molar-refractivity contribution < 1.29 is 49.3 Å². The molecule has 2 aromatic carbocycles. The Bertz CT molecular complexity index is 1310. The van der Waals surface area contributed by atoms with Crippen LogP contribution < -0.4 is 20.5 Å². The molecule has 204 valence electrons. The van der Waals surface area contributed by atoms with Crippen molar-refractivity contribution in [2.24, 2.45) is 10.7 Å². The van der Waals surface area contributed by atoms with Crippen LogP contribution in [0.5, 0.6) is 17.2 Å². The van der Waals surface area contributed by atoms with Gasteiger partial charge in [0.05, 0.1) is 24.8 Å². The fraction of sp³-hybridized carbons (Fsp3) is 0.400. The quantitative estimate of drug-likeness (QED) is 0.146. The van der Waals surface area contributed by atoms with E-state index in [2.05, 4.69) is 10.3 Å². The number of nitrogens with one attached hydrogen (secondary N) is 1. The van der Waals surface area contributed by atoms with Crippen molar-refractivity contribution in [3.63, 3.8) is 0 Å². The summed E-state index contributed by atoms with van der Waals surface area (Å²) < 4.78 is 16.4. The second kappa shape index (κ2) is 10.6. The number of aliphatic hydroxyl groups excluding tert-OH is 4. The van der Waals surface area contributed by atoms with Gasteiger partial charge in [0.1, 0.15) is 41.7 Å². The van der Waals surface area contributed by atoms with Gasteiger partial charge in [-0.15, -0.1) is 0 Å². The van der Waals surface area contributed by atoms with E-state index in [4.69, 9.17) is 19.9 Å². The number of nitrogens with two attached hydrogens (primary N) is 1. The Labute approximate surface area is 217 Å². The van der Waals surface area contributed by atoms with Gasteiger partial charge in [-0.1, -0.05) is 0 Å². The van der Waals surface area contributed by atoms with Gasteiger partial charge in [0.25, 0.3) is 0 Å². The molecule has 1 heterocycles. The molecule has 2 aromatic rings. The van der Waals surface area contributed by atoms with Crippen LogP contribution in [0, 0.1) is 6.92 Å². The summed E-state index contributed by atoms with van der Waals surface area (Å²) in [5.74, 6) is -1.74. The molecule has 38 heavy (non-hydrogen) atoms. The summed E-state index contributed by atoms with van der Waals surface area (Å²) in [4.78, 5) is 31.1. The van der Waals surface area contributed by atoms with E-state index < -0.39 is 54.6 Å². The number of methoxy groups -OCH3 is 1. The number of hydrogen-bond acceptors (Lipinski definition) is 11. The molecule has 0 amide bonds. The summed E-state index contributed by atoms with van der Waals surface area (Å²) in [5.41, 5.74) is 5.96. The second-order valence-electron chi connectivity index (χ2n) is 8.93. The first-order chi connectivity index (χ1) is 18.0. The Morgan fingerprint density at radius 3 is 2.39 bits per heavy atom. The average molecular weight is 532 g/mol. The molecular weight excluding hydrogens is 502 g/mol. The van der Waals surface area contributed by atoms with E-state index in [1.54, 1.807) is 6.92 Å². The molecule has 8 N–H and O–H groups in total. The normalized spacial score (nSPS) is 25.0. The number of aromatic hydroxyl groups is 1. The molecule has 13 nitrogen and oxygen atoms in total. The van der Waals surface area contributed by atoms with Crippen molar-refractivity contribution in [2.45, 2.75) is 44.2 Å². The third kappa shape index (κ3) is 4.54. The second-order valence-corrected chi connectivity index (χ2v) is 8.93. The molecule has 4 rings (SSSR count). The fourth-order valence-electron chi connectivity index (χ4n) is 4.51. The standard InChI is InChI=1S/C25H29N3O10/c1-9-4-11-17(19(31)13(9)7-28-25(26)27-2)21(33)16-12(18(11)30)5-10(36-3)6-14(16)37-24-23(35)22(34)20(32)15(8-29)38-24/h4-6,15,20,22-24,29,31-32,34-35H,7-8H2,1-3H3,(H3,26,27,28). The molecule has 5 unspecified atom stereocenters. The maximum Gasteiger partial charge on any atom is 0.229 e. The zero-order chi connectivity index (χ0) is 27.9. The van der Waals surface area contributed by atoms with Crippen LogP contribution in [0.1, 0.15) is 43.0 Å². The number of nitrogens with zero attached hydrogens (tertiary/aromatic N) is 1. The maximum absolute atomic E-state index is 13.8. The predicted octanol–water partition coefficient (Wildman–Crippen LogP) is -1.30. The van der Waals surface area contributed by atoms with Crippen LogP contribution in [0.25, 0.3) is 0 Å². The molecule has 0 radical (unpaired) electrons. The number of fused-ring (bicyclic) bond motifs is 2. The van der Waals surface area contributed by atoms with Crippen molar-refractivity contribution in [3.05, 3.63) is 51.6 Å². The number of phenolic OH excluding ortho intramolecular Hbond substituents is 1. The highest BCUT2D eigenvalue weighted by molar-refractivity contribution is 6.30. The van der Waals surface area contributed by atoms with E-state index in [9.17, 15) is 35.1 Å². The molecule has 0 saturated carbocycles. The predicted molar refractivity (Wildman–Crippen MR) is 131 cm³/mol. The number of guanidine groups is 1. The van der Waals surface area contributed by atoms with Crippen LogP contribution in [0.4, 0.5) is 0 Å². The molecule has 0 bridgehead atoms. The lowest BCUT2D eigenvalue weighted by Gasteiger charge is -2.39. The smallest absolute Gasteiger partial charge is 0.229 e. The van der Waals surface area contributed by atoms with E-state index in [-0.39, 0.29) is 46.3 Å². The molecule has 1 aliphatic heterocycles. The summed E-state index contributed by atoms with van der Waals surface area (Å²) in [6, 6.07) is 4.12. The van der Waals surface area contributed by atoms with Crippen LogP contribution in [0.15, 0.2) is 23.2 Å². The first kappa shape index (κ1) is 27.3. The minimum atomic E-state index is -1.77. The number of aryl methyl sites for hydroxylation is 1. The number of phenols is 1. The molecule has 1 fully saturated rings. The van der Waals surface area contributed by atoms with Gasteiger partial charge in [-0.3, -0.25) is 14.6 Å². The number of aliphatic imine (C=N–C) groups is 1. The molecule has 1 aliphatic carbocycles. The molecule has 0 spiro atoms. The van der Waals surface area contributed by atoms with Gasteiger partial charge in [-0.05, 0) is 24.6 Å². The summed E-state index contributed by atoms with van der Waals surface area (Å²) in [6.45, 7) is 1.01. The maximum atomic E-state index is 13.8. The van der Waals surface area contributed by atoms with Gasteiger partial charge in [-0.2, -0.15) is 0 Å². The van der Waals surface area contributed by atoms with E-state index in [0.29, 0.717) is 11.1 Å². The monoisotopic (exact) mass is 531 g/mol. The summed E-state index contributed by atoms with van der Waals surface area (Å²) >= 11 is 0. The van der Waals surface area contributed by atoms with Crippen molar-refractivity contribution in [1.82, 2.24) is 5.32 Å². The van der Waals surface area contributed by atoms with Crippen molar-refractivity contribution in [3.8, 4) is 17.2 Å². The van der Waals surface area contributed by atoms with E-state index in [1.807, 2.05) is 0 Å². The lowest BCUT2D eigenvalue weighted by Crippen LogP contribution is -2.60. The van der Waals surface area contributed by atoms with Gasteiger partial charge in [-0.25, -0.2) is 0 Å². The summed E-state index contributed by atoms with van der Waals surface area (Å²) in [7, 11) is 2.81. The molecular formula is C25H29N3O10. The van der Waals surface area contributed by atoms with E-state index in [0.717, 1.165) is 0 Å². The lowest BCUT2D eigenvalue weighted by molar-refractivity contribution is -0.277. The molecule has 5 atom stereocenters. The highest BCUT2D eigenvalue weighted by atomic mass is 16.7. The zero-order valence-electron chi connectivity index (χ0n) is 20.8. The number of carbonyl (C=O) groups excluding carboxylic acids is 2. The van der Waals surface area contributed by atoms with Crippen LogP contribution in [0.3, 0.4) is 0 Å². The zero-order valence-corrected chi connectivity index (χ0v) is 20.8. The number of carbonyl (C=O) groups is 2. The summed E-state index contributed by atoms with van der Waals surface area (Å²) in [5, 5.41) is 54.0. The molecule has 1 saturated heterocycles. The van der Waals surface area contributed by atoms with Gasteiger partial charge < -0.3 is 50.8 Å². The van der Waals surface area contributed by atoms with Gasteiger partial charge >= 0.3 is 0 Å². The van der Waals surface area contributed by atoms with Crippen LogP contribution in [-0.4, -0.2) is 94.5 Å². The largest absolute Gasteiger partial charge is 0.507 e. The Kier molecular flexibility index (Phi) is 7.58. The SMILES string of the molecule is CN=C(N)NCc1c(C)cc2c(c1O)C(=O)c1c(OC3OC(CO)C(O)C(O)C3O)cc(OC)cc1C2=O. The van der Waals surface area contributed by atoms with Crippen molar-refractivity contribution >= 4 is 17.5 Å². The first-order valence-corrected chi connectivity index (χ1v) is 11.6. The fourth-order valence-corrected chi connectivity index (χ4v) is 4.51. The Hall–Kier alpha value is -3.75. The third-order valence-electron chi connectivity index (χ3n) is 6.66. The molecule has 13 heteroatoms. The van der Waals surface area contributed by atoms with Gasteiger partial charge in [0, 0.05) is 36.3 Å². The van der Waals surface area contributed by atoms with E-state index in [1.165, 1.54) is 32.4 Å². The molecule has 2 aliphatic rings. The number of hydrogen-bond donors (Lipinski definition) is 7. The minimum absolute atomic E-state index is 0.0228. The van der Waals surface area contributed by atoms with Gasteiger partial charge in [0.2, 0.25) is 12.1 Å². The van der Waals surface area contributed by atoms with Gasteiger partial charge in [0.15, 0.2) is 11.7 Å². The van der Waals surface area contributed by atoms with Crippen LogP contribution in [-0.2, 0) is 11.3 Å². The minimum Gasteiger partial charge on any atom is -0.507 e. The first-order valence-electron chi connectivity index (χ1n) is 11.6. The number of ether oxygens (including phenoxy) is 3. The van der Waals surface area contributed by atoms with Crippen molar-refractivity contribution in [1.29, 1.82) is 0 Å². The number of rotatable bonds is 6. The van der Waals surface area contributed by atoms with Crippen LogP contribution >= 0.6 is 0 Å². The topological polar surface area (TPSA) is 213 Å². The number of ketones is 2.